The Balaban J connectivity index is 1.64. The molecule has 3 heterocycles. The van der Waals surface area contributed by atoms with Gasteiger partial charge in [-0.1, -0.05) is 29.8 Å². The van der Waals surface area contributed by atoms with E-state index < -0.39 is 5.54 Å². The van der Waals surface area contributed by atoms with Gasteiger partial charge in [0, 0.05) is 34.2 Å². The number of Topliss-reactive ketones (excluding diaryl/α,β-unsaturated/α-hetero) is 1. The number of phenolic OH excluding ortho intramolecular Hbond substituents is 1. The molecule has 148 valence electrons. The number of nitriles is 1. The minimum absolute atomic E-state index is 0.120. The van der Waals surface area contributed by atoms with Gasteiger partial charge in [-0.25, -0.2) is 0 Å². The fourth-order valence-electron chi connectivity index (χ4n) is 4.57. The van der Waals surface area contributed by atoms with Crippen LogP contribution in [-0.2, 0) is 12.0 Å². The van der Waals surface area contributed by atoms with Crippen LogP contribution >= 0.6 is 11.6 Å². The van der Waals surface area contributed by atoms with E-state index in [2.05, 4.69) is 17.1 Å². The van der Waals surface area contributed by atoms with E-state index in [-0.39, 0.29) is 17.1 Å². The molecule has 1 unspecified atom stereocenters. The Hall–Kier alpha value is -3.49. The van der Waals surface area contributed by atoms with Crippen LogP contribution in [0.1, 0.15) is 28.5 Å². The van der Waals surface area contributed by atoms with E-state index in [0.717, 1.165) is 17.6 Å². The fourth-order valence-corrected chi connectivity index (χ4v) is 4.74. The molecule has 0 aliphatic carbocycles. The van der Waals surface area contributed by atoms with Crippen molar-refractivity contribution in [3.05, 3.63) is 87.7 Å². The summed E-state index contributed by atoms with van der Waals surface area (Å²) in [6.45, 7) is 2.67. The van der Waals surface area contributed by atoms with Crippen molar-refractivity contribution in [2.24, 2.45) is 0 Å². The van der Waals surface area contributed by atoms with Crippen molar-refractivity contribution in [3.8, 4) is 11.8 Å². The van der Waals surface area contributed by atoms with E-state index in [1.54, 1.807) is 12.3 Å². The molecule has 0 radical (unpaired) electrons. The zero-order valence-corrected chi connectivity index (χ0v) is 17.0. The minimum atomic E-state index is -0.693. The Morgan fingerprint density at radius 3 is 2.90 bits per heavy atom. The average molecular weight is 416 g/mol. The van der Waals surface area contributed by atoms with Gasteiger partial charge in [-0.15, -0.1) is 0 Å². The number of H-pyrrole nitrogens is 1. The topological polar surface area (TPSA) is 80.1 Å². The molecule has 2 aliphatic rings. The summed E-state index contributed by atoms with van der Waals surface area (Å²) in [5.74, 6) is -0.505. The van der Waals surface area contributed by atoms with Gasteiger partial charge in [-0.05, 0) is 49.2 Å². The summed E-state index contributed by atoms with van der Waals surface area (Å²) < 4.78 is 0. The van der Waals surface area contributed by atoms with Crippen molar-refractivity contribution in [2.45, 2.75) is 18.9 Å². The highest BCUT2D eigenvalue weighted by molar-refractivity contribution is 6.31. The standard InChI is InChI=1S/C24H18ClN3O2/c1-24-15(12-26)10-14(22(30)19-11-16(25)6-7-21(19)29)13-28(24)9-8-18-17-4-2-3-5-20(17)27-23(18)24/h2-7,10-11,13,27,29H,8-9H2,1H3. The number of benzene rings is 2. The van der Waals surface area contributed by atoms with E-state index in [1.807, 2.05) is 30.0 Å². The third kappa shape index (κ3) is 2.51. The molecule has 2 N–H and O–H groups in total. The van der Waals surface area contributed by atoms with Crippen LogP contribution < -0.4 is 0 Å². The number of hydrogen-bond acceptors (Lipinski definition) is 4. The Bertz CT molecular complexity index is 1330. The van der Waals surface area contributed by atoms with Crippen molar-refractivity contribution in [2.75, 3.05) is 6.54 Å². The van der Waals surface area contributed by atoms with Crippen LogP contribution in [-0.4, -0.2) is 27.3 Å². The van der Waals surface area contributed by atoms with E-state index in [0.29, 0.717) is 22.7 Å². The Kier molecular flexibility index (Phi) is 4.02. The van der Waals surface area contributed by atoms with Crippen molar-refractivity contribution >= 4 is 28.3 Å². The molecule has 1 aromatic heterocycles. The van der Waals surface area contributed by atoms with Gasteiger partial charge >= 0.3 is 0 Å². The third-order valence-electron chi connectivity index (χ3n) is 6.18. The number of aromatic amines is 1. The molecule has 0 saturated carbocycles. The fraction of sp³-hybridized carbons (Fsp3) is 0.167. The number of phenols is 1. The summed E-state index contributed by atoms with van der Waals surface area (Å²) in [6.07, 6.45) is 4.21. The van der Waals surface area contributed by atoms with Gasteiger partial charge in [0.05, 0.1) is 22.9 Å². The van der Waals surface area contributed by atoms with E-state index in [9.17, 15) is 15.2 Å². The molecule has 5 rings (SSSR count). The van der Waals surface area contributed by atoms with Crippen LogP contribution in [0.4, 0.5) is 0 Å². The second kappa shape index (κ2) is 6.51. The molecule has 0 amide bonds. The van der Waals surface area contributed by atoms with Gasteiger partial charge in [-0.2, -0.15) is 5.26 Å². The van der Waals surface area contributed by atoms with Gasteiger partial charge in [-0.3, -0.25) is 4.79 Å². The molecule has 5 nitrogen and oxygen atoms in total. The number of aromatic hydroxyl groups is 1. The lowest BCUT2D eigenvalue weighted by molar-refractivity contribution is 0.102. The molecule has 6 heteroatoms. The first-order valence-corrected chi connectivity index (χ1v) is 10.1. The van der Waals surface area contributed by atoms with E-state index in [4.69, 9.17) is 11.6 Å². The first kappa shape index (κ1) is 18.5. The van der Waals surface area contributed by atoms with Crippen molar-refractivity contribution in [1.29, 1.82) is 5.26 Å². The molecule has 2 aliphatic heterocycles. The first-order valence-electron chi connectivity index (χ1n) is 9.67. The number of rotatable bonds is 2. The molecule has 0 bridgehead atoms. The number of carbonyl (C=O) groups is 1. The van der Waals surface area contributed by atoms with Crippen molar-refractivity contribution < 1.29 is 9.90 Å². The molecule has 1 atom stereocenters. The summed E-state index contributed by atoms with van der Waals surface area (Å²) >= 11 is 6.02. The molecule has 0 fully saturated rings. The van der Waals surface area contributed by atoms with Crippen LogP contribution in [0.15, 0.2) is 65.9 Å². The summed E-state index contributed by atoms with van der Waals surface area (Å²) in [5, 5.41) is 21.7. The lowest BCUT2D eigenvalue weighted by Gasteiger charge is -2.46. The number of carbonyl (C=O) groups excluding carboxylic acids is 1. The molecular weight excluding hydrogens is 398 g/mol. The number of fused-ring (bicyclic) bond motifs is 5. The maximum absolute atomic E-state index is 13.1. The van der Waals surface area contributed by atoms with Crippen LogP contribution in [0, 0.1) is 11.3 Å². The number of halogens is 1. The van der Waals surface area contributed by atoms with E-state index >= 15 is 0 Å². The number of aromatic nitrogens is 1. The number of allylic oxidation sites excluding steroid dienone is 2. The van der Waals surface area contributed by atoms with Crippen LogP contribution in [0.25, 0.3) is 10.9 Å². The molecule has 0 spiro atoms. The monoisotopic (exact) mass is 415 g/mol. The number of hydrogen-bond donors (Lipinski definition) is 2. The van der Waals surface area contributed by atoms with Gasteiger partial charge in [0.1, 0.15) is 11.3 Å². The third-order valence-corrected chi connectivity index (χ3v) is 6.42. The highest BCUT2D eigenvalue weighted by atomic mass is 35.5. The number of nitrogens with zero attached hydrogens (tertiary/aromatic N) is 2. The SMILES string of the molecule is CC12C(C#N)=CC(C(=O)c3cc(Cl)ccc3O)=CN1CCc1c2[nH]c2ccccc12. The lowest BCUT2D eigenvalue weighted by atomic mass is 9.78. The summed E-state index contributed by atoms with van der Waals surface area (Å²) in [7, 11) is 0. The lowest BCUT2D eigenvalue weighted by Crippen LogP contribution is -2.48. The zero-order chi connectivity index (χ0) is 21.0. The summed E-state index contributed by atoms with van der Waals surface area (Å²) in [6, 6.07) is 14.8. The van der Waals surface area contributed by atoms with Crippen molar-refractivity contribution in [3.63, 3.8) is 0 Å². The molecule has 2 aromatic carbocycles. The average Bonchev–Trinajstić information content (AvgIpc) is 3.14. The Labute approximate surface area is 178 Å². The largest absolute Gasteiger partial charge is 0.507 e. The zero-order valence-electron chi connectivity index (χ0n) is 16.2. The maximum Gasteiger partial charge on any atom is 0.198 e. The molecular formula is C24H18ClN3O2. The highest BCUT2D eigenvalue weighted by Gasteiger charge is 2.45. The Morgan fingerprint density at radius 2 is 2.10 bits per heavy atom. The van der Waals surface area contributed by atoms with Gasteiger partial charge in [0.15, 0.2) is 5.78 Å². The normalized spacial score (nSPS) is 20.1. The van der Waals surface area contributed by atoms with Crippen LogP contribution in [0.3, 0.4) is 0 Å². The quantitative estimate of drug-likeness (QED) is 0.587. The molecule has 3 aromatic rings. The highest BCUT2D eigenvalue weighted by Crippen LogP contribution is 2.46. The van der Waals surface area contributed by atoms with Gasteiger partial charge in [0.25, 0.3) is 0 Å². The Morgan fingerprint density at radius 1 is 1.30 bits per heavy atom. The minimum Gasteiger partial charge on any atom is -0.507 e. The first-order chi connectivity index (χ1) is 14.4. The van der Waals surface area contributed by atoms with Gasteiger partial charge < -0.3 is 15.0 Å². The smallest absolute Gasteiger partial charge is 0.198 e. The predicted octanol–water partition coefficient (Wildman–Crippen LogP) is 4.83. The number of ketones is 1. The number of nitrogens with one attached hydrogen (secondary N) is 1. The second-order valence-corrected chi connectivity index (χ2v) is 8.22. The summed E-state index contributed by atoms with van der Waals surface area (Å²) in [5.41, 5.74) is 3.48. The predicted molar refractivity (Wildman–Crippen MR) is 115 cm³/mol. The van der Waals surface area contributed by atoms with Gasteiger partial charge in [0.2, 0.25) is 0 Å². The molecule has 0 saturated heterocycles. The number of para-hydroxylation sites is 1. The molecule has 30 heavy (non-hydrogen) atoms. The van der Waals surface area contributed by atoms with Crippen molar-refractivity contribution in [1.82, 2.24) is 9.88 Å². The maximum atomic E-state index is 13.1. The second-order valence-electron chi connectivity index (χ2n) is 7.78. The van der Waals surface area contributed by atoms with Crippen LogP contribution in [0.2, 0.25) is 5.02 Å². The summed E-state index contributed by atoms with van der Waals surface area (Å²) in [4.78, 5) is 18.7. The van der Waals surface area contributed by atoms with Crippen LogP contribution in [0.5, 0.6) is 5.75 Å². The van der Waals surface area contributed by atoms with E-state index in [1.165, 1.54) is 29.1 Å².